The van der Waals surface area contributed by atoms with Gasteiger partial charge in [-0.25, -0.2) is 9.59 Å². The Morgan fingerprint density at radius 3 is 2.12 bits per heavy atom. The highest BCUT2D eigenvalue weighted by Crippen LogP contribution is 2.20. The molecule has 0 saturated heterocycles. The molecule has 0 aliphatic rings. The predicted octanol–water partition coefficient (Wildman–Crippen LogP) is 3.00. The van der Waals surface area contributed by atoms with E-state index in [4.69, 9.17) is 15.2 Å². The summed E-state index contributed by atoms with van der Waals surface area (Å²) < 4.78 is 9.73. The first-order chi connectivity index (χ1) is 16.4. The van der Waals surface area contributed by atoms with Gasteiger partial charge in [-0.05, 0) is 23.1 Å². The van der Waals surface area contributed by atoms with Crippen LogP contribution in [-0.4, -0.2) is 62.8 Å². The third kappa shape index (κ3) is 7.88. The Hall–Kier alpha value is -3.39. The van der Waals surface area contributed by atoms with Gasteiger partial charge in [-0.15, -0.1) is 0 Å². The number of nitrogens with two attached hydrogens (primary N) is 1. The summed E-state index contributed by atoms with van der Waals surface area (Å²) in [6.07, 6.45) is 1.88. The zero-order chi connectivity index (χ0) is 24.9. The number of hydrogen-bond donors (Lipinski definition) is 2. The third-order valence-corrected chi connectivity index (χ3v) is 5.61. The molecule has 2 amide bonds. The summed E-state index contributed by atoms with van der Waals surface area (Å²) in [5.41, 5.74) is 8.76. The smallest absolute Gasteiger partial charge is 0.328 e. The van der Waals surface area contributed by atoms with Crippen molar-refractivity contribution in [2.24, 2.45) is 11.7 Å². The summed E-state index contributed by atoms with van der Waals surface area (Å²) in [6.45, 7) is 2.59. The van der Waals surface area contributed by atoms with E-state index in [1.165, 1.54) is 19.1 Å². The Morgan fingerprint density at radius 1 is 0.941 bits per heavy atom. The number of methoxy groups -OCH3 is 2. The van der Waals surface area contributed by atoms with Crippen molar-refractivity contribution in [3.63, 3.8) is 0 Å². The lowest BCUT2D eigenvalue weighted by Gasteiger charge is -2.28. The molecule has 0 radical (unpaired) electrons. The first kappa shape index (κ1) is 26.9. The molecular weight excluding hydrogens is 434 g/mol. The van der Waals surface area contributed by atoms with E-state index in [1.54, 1.807) is 0 Å². The molecule has 0 aliphatic carbocycles. The maximum atomic E-state index is 13.1. The van der Waals surface area contributed by atoms with Crippen molar-refractivity contribution in [2.75, 3.05) is 33.9 Å². The Labute approximate surface area is 201 Å². The summed E-state index contributed by atoms with van der Waals surface area (Å²) in [4.78, 5) is 39.0. The van der Waals surface area contributed by atoms with Crippen LogP contribution >= 0.6 is 0 Å². The van der Waals surface area contributed by atoms with Crippen LogP contribution in [0.2, 0.25) is 0 Å². The molecule has 34 heavy (non-hydrogen) atoms. The monoisotopic (exact) mass is 469 g/mol. The fourth-order valence-electron chi connectivity index (χ4n) is 3.58. The van der Waals surface area contributed by atoms with E-state index in [9.17, 15) is 14.4 Å². The van der Waals surface area contributed by atoms with E-state index in [-0.39, 0.29) is 19.5 Å². The lowest BCUT2D eigenvalue weighted by Crippen LogP contribution is -2.51. The quantitative estimate of drug-likeness (QED) is 0.462. The molecule has 184 valence electrons. The Kier molecular flexibility index (Phi) is 11.1. The maximum absolute atomic E-state index is 13.1. The minimum absolute atomic E-state index is 0.0524. The second kappa shape index (κ2) is 14.0. The zero-order valence-corrected chi connectivity index (χ0v) is 20.2. The number of esters is 2. The van der Waals surface area contributed by atoms with Crippen LogP contribution in [0.25, 0.3) is 11.1 Å². The van der Waals surface area contributed by atoms with Crippen molar-refractivity contribution < 1.29 is 23.9 Å². The van der Waals surface area contributed by atoms with Crippen molar-refractivity contribution in [1.82, 2.24) is 10.2 Å². The normalized spacial score (nSPS) is 12.4. The highest BCUT2D eigenvalue weighted by molar-refractivity contribution is 5.84. The summed E-state index contributed by atoms with van der Waals surface area (Å²) in [5, 5.41) is 2.78. The first-order valence-electron chi connectivity index (χ1n) is 11.5. The van der Waals surface area contributed by atoms with E-state index >= 15 is 0 Å². The topological polar surface area (TPSA) is 111 Å². The van der Waals surface area contributed by atoms with Gasteiger partial charge < -0.3 is 25.4 Å². The molecule has 8 heteroatoms. The minimum atomic E-state index is -0.876. The van der Waals surface area contributed by atoms with Gasteiger partial charge in [0.05, 0.1) is 20.1 Å². The number of hydrogen-bond acceptors (Lipinski definition) is 6. The average Bonchev–Trinajstić information content (AvgIpc) is 2.88. The summed E-state index contributed by atoms with van der Waals surface area (Å²) in [7, 11) is 2.58. The molecule has 2 aromatic rings. The van der Waals surface area contributed by atoms with E-state index in [0.717, 1.165) is 29.5 Å². The number of carbonyl (C=O) groups is 3. The summed E-state index contributed by atoms with van der Waals surface area (Å²) in [6, 6.07) is 16.5. The number of nitrogens with one attached hydrogen (secondary N) is 1. The SMILES string of the molecule is CCCCN(C[C@H](CN)C(=O)OC)C(=O)N[C@@H](Cc1ccc(-c2ccccc2)cc1)C(=O)OC. The highest BCUT2D eigenvalue weighted by Gasteiger charge is 2.28. The number of benzene rings is 2. The number of rotatable bonds is 12. The van der Waals surface area contributed by atoms with Gasteiger partial charge in [-0.2, -0.15) is 0 Å². The fourth-order valence-corrected chi connectivity index (χ4v) is 3.58. The Morgan fingerprint density at radius 2 is 1.56 bits per heavy atom. The van der Waals surface area contributed by atoms with Gasteiger partial charge in [0.15, 0.2) is 0 Å². The number of urea groups is 1. The summed E-state index contributed by atoms with van der Waals surface area (Å²) in [5.74, 6) is -1.66. The van der Waals surface area contributed by atoms with Gasteiger partial charge >= 0.3 is 18.0 Å². The lowest BCUT2D eigenvalue weighted by molar-refractivity contribution is -0.146. The second-order valence-electron chi connectivity index (χ2n) is 8.05. The van der Waals surface area contributed by atoms with Crippen LogP contribution in [0.3, 0.4) is 0 Å². The molecular formula is C26H35N3O5. The second-order valence-corrected chi connectivity index (χ2v) is 8.05. The predicted molar refractivity (Wildman–Crippen MR) is 131 cm³/mol. The largest absolute Gasteiger partial charge is 0.469 e. The molecule has 0 unspecified atom stereocenters. The molecule has 3 N–H and O–H groups in total. The van der Waals surface area contributed by atoms with Crippen LogP contribution in [0, 0.1) is 5.92 Å². The van der Waals surface area contributed by atoms with E-state index in [1.807, 2.05) is 61.5 Å². The van der Waals surface area contributed by atoms with Gasteiger partial charge in [-0.1, -0.05) is 67.9 Å². The number of unbranched alkanes of at least 4 members (excludes halogenated alkanes) is 1. The van der Waals surface area contributed by atoms with Crippen molar-refractivity contribution in [3.05, 3.63) is 60.2 Å². The van der Waals surface area contributed by atoms with E-state index in [2.05, 4.69) is 5.32 Å². The van der Waals surface area contributed by atoms with Crippen LogP contribution in [0.5, 0.6) is 0 Å². The minimum Gasteiger partial charge on any atom is -0.469 e. The molecule has 0 saturated carbocycles. The van der Waals surface area contributed by atoms with Crippen molar-refractivity contribution in [3.8, 4) is 11.1 Å². The molecule has 2 atom stereocenters. The van der Waals surface area contributed by atoms with Crippen LogP contribution in [-0.2, 0) is 25.5 Å². The zero-order valence-electron chi connectivity index (χ0n) is 20.2. The van der Waals surface area contributed by atoms with E-state index in [0.29, 0.717) is 6.54 Å². The Balaban J connectivity index is 2.14. The summed E-state index contributed by atoms with van der Waals surface area (Å²) >= 11 is 0. The fraction of sp³-hybridized carbons (Fsp3) is 0.423. The number of ether oxygens (including phenoxy) is 2. The van der Waals surface area contributed by atoms with E-state index < -0.39 is 29.9 Å². The van der Waals surface area contributed by atoms with Crippen LogP contribution in [0.1, 0.15) is 25.3 Å². The average molecular weight is 470 g/mol. The lowest BCUT2D eigenvalue weighted by atomic mass is 10.0. The van der Waals surface area contributed by atoms with Gasteiger partial charge in [0, 0.05) is 26.1 Å². The molecule has 0 spiro atoms. The van der Waals surface area contributed by atoms with Gasteiger partial charge in [-0.3, -0.25) is 4.79 Å². The molecule has 0 fully saturated rings. The molecule has 0 heterocycles. The molecule has 2 rings (SSSR count). The first-order valence-corrected chi connectivity index (χ1v) is 11.5. The third-order valence-electron chi connectivity index (χ3n) is 5.61. The highest BCUT2D eigenvalue weighted by atomic mass is 16.5. The number of amides is 2. The molecule has 8 nitrogen and oxygen atoms in total. The number of carbonyl (C=O) groups excluding carboxylic acids is 3. The van der Waals surface area contributed by atoms with Crippen LogP contribution in [0.15, 0.2) is 54.6 Å². The molecule has 0 aliphatic heterocycles. The van der Waals surface area contributed by atoms with Gasteiger partial charge in [0.2, 0.25) is 0 Å². The van der Waals surface area contributed by atoms with Gasteiger partial charge in [0.1, 0.15) is 6.04 Å². The molecule has 2 aromatic carbocycles. The van der Waals surface area contributed by atoms with Crippen LogP contribution < -0.4 is 11.1 Å². The van der Waals surface area contributed by atoms with Crippen molar-refractivity contribution >= 4 is 18.0 Å². The van der Waals surface area contributed by atoms with Crippen LogP contribution in [0.4, 0.5) is 4.79 Å². The molecule has 0 aromatic heterocycles. The van der Waals surface area contributed by atoms with Crippen molar-refractivity contribution in [2.45, 2.75) is 32.2 Å². The molecule has 0 bridgehead atoms. The maximum Gasteiger partial charge on any atom is 0.328 e. The standard InChI is InChI=1S/C26H35N3O5/c1-4-5-15-29(18-22(17-27)24(30)33-2)26(32)28-23(25(31)34-3)16-19-11-13-21(14-12-19)20-9-7-6-8-10-20/h6-14,22-23H,4-5,15-18,27H2,1-3H3,(H,28,32)/t22-,23-/m0/s1. The van der Waals surface area contributed by atoms with Gasteiger partial charge in [0.25, 0.3) is 0 Å². The Bertz CT molecular complexity index is 918. The van der Waals surface area contributed by atoms with Crippen molar-refractivity contribution in [1.29, 1.82) is 0 Å². The number of nitrogens with zero attached hydrogens (tertiary/aromatic N) is 1.